The molecule has 1 N–H and O–H groups in total. The molecule has 3 heterocycles. The van der Waals surface area contributed by atoms with Crippen molar-refractivity contribution in [3.05, 3.63) is 70.9 Å². The summed E-state index contributed by atoms with van der Waals surface area (Å²) in [6, 6.07) is 7.99. The lowest BCUT2D eigenvalue weighted by molar-refractivity contribution is -0.274. The molecule has 2 aliphatic rings. The number of para-hydroxylation sites is 1. The van der Waals surface area contributed by atoms with Gasteiger partial charge in [0, 0.05) is 31.8 Å². The molecule has 0 saturated carbocycles. The Morgan fingerprint density at radius 1 is 1.21 bits per heavy atom. The fourth-order valence-corrected chi connectivity index (χ4v) is 3.83. The number of pyridine rings is 1. The topological polar surface area (TPSA) is 71.5 Å². The lowest BCUT2D eigenvalue weighted by Crippen LogP contribution is -2.33. The second kappa shape index (κ2) is 9.48. The molecule has 0 aliphatic carbocycles. The van der Waals surface area contributed by atoms with Crippen LogP contribution in [0.1, 0.15) is 29.5 Å². The van der Waals surface area contributed by atoms with Crippen LogP contribution >= 0.6 is 0 Å². The molecule has 0 atom stereocenters. The molecular formula is C24H22F3N3O3. The highest BCUT2D eigenvalue weighted by Gasteiger charge is 2.32. The molecule has 2 aromatic rings. The number of aryl methyl sites for hydroxylation is 1. The van der Waals surface area contributed by atoms with Crippen molar-refractivity contribution in [3.8, 4) is 5.75 Å². The van der Waals surface area contributed by atoms with Gasteiger partial charge in [0.15, 0.2) is 0 Å². The van der Waals surface area contributed by atoms with E-state index >= 15 is 0 Å². The van der Waals surface area contributed by atoms with Crippen LogP contribution in [0.3, 0.4) is 0 Å². The van der Waals surface area contributed by atoms with Gasteiger partial charge in [-0.1, -0.05) is 29.8 Å². The Hall–Kier alpha value is -3.62. The number of nitrogens with one attached hydrogen (secondary N) is 1. The highest BCUT2D eigenvalue weighted by molar-refractivity contribution is 5.94. The third kappa shape index (κ3) is 6.00. The van der Waals surface area contributed by atoms with E-state index in [9.17, 15) is 22.8 Å². The molecule has 0 bridgehead atoms. The number of hydrogen-bond acceptors (Lipinski definition) is 4. The summed E-state index contributed by atoms with van der Waals surface area (Å²) in [6.45, 7) is 0.862. The van der Waals surface area contributed by atoms with E-state index in [0.29, 0.717) is 50.2 Å². The fourth-order valence-electron chi connectivity index (χ4n) is 3.83. The summed E-state index contributed by atoms with van der Waals surface area (Å²) < 4.78 is 42.0. The number of fused-ring (bicyclic) bond motifs is 1. The monoisotopic (exact) mass is 457 g/mol. The quantitative estimate of drug-likeness (QED) is 0.538. The summed E-state index contributed by atoms with van der Waals surface area (Å²) in [4.78, 5) is 29.9. The first kappa shape index (κ1) is 22.6. The van der Waals surface area contributed by atoms with Crippen molar-refractivity contribution < 1.29 is 27.5 Å². The van der Waals surface area contributed by atoms with Gasteiger partial charge in [0.1, 0.15) is 11.6 Å². The zero-order valence-electron chi connectivity index (χ0n) is 17.7. The van der Waals surface area contributed by atoms with Crippen LogP contribution in [0.2, 0.25) is 0 Å². The van der Waals surface area contributed by atoms with Crippen LogP contribution in [0.4, 0.5) is 19.0 Å². The van der Waals surface area contributed by atoms with Crippen molar-refractivity contribution in [2.24, 2.45) is 0 Å². The summed E-state index contributed by atoms with van der Waals surface area (Å²) in [7, 11) is 0. The summed E-state index contributed by atoms with van der Waals surface area (Å²) in [5, 5.41) is 2.72. The average molecular weight is 457 g/mol. The standard InChI is InChI=1S/C24H22F3N3O3/c25-24(26,27)33-20-4-2-1-3-18(20)13-16-9-11-30(12-10-16)22(32)8-5-17-14-19-6-7-21(31)29-23(19)28-15-17/h1-5,8-9,14-15H,6-7,10-13H2,(H,28,29,31). The number of anilines is 1. The maximum Gasteiger partial charge on any atom is 0.573 e. The van der Waals surface area contributed by atoms with Crippen molar-refractivity contribution in [1.29, 1.82) is 0 Å². The largest absolute Gasteiger partial charge is 0.573 e. The van der Waals surface area contributed by atoms with Crippen molar-refractivity contribution in [3.63, 3.8) is 0 Å². The molecule has 0 spiro atoms. The molecule has 6 nitrogen and oxygen atoms in total. The number of hydrogen-bond donors (Lipinski definition) is 1. The first-order valence-corrected chi connectivity index (χ1v) is 10.5. The highest BCUT2D eigenvalue weighted by Crippen LogP contribution is 2.29. The number of aromatic nitrogens is 1. The maximum atomic E-state index is 12.6. The lowest BCUT2D eigenvalue weighted by Gasteiger charge is -2.26. The number of nitrogens with zero attached hydrogens (tertiary/aromatic N) is 2. The summed E-state index contributed by atoms with van der Waals surface area (Å²) in [5.74, 6) is 0.149. The predicted octanol–water partition coefficient (Wildman–Crippen LogP) is 4.28. The van der Waals surface area contributed by atoms with Crippen LogP contribution in [-0.2, 0) is 22.4 Å². The Morgan fingerprint density at radius 2 is 2.03 bits per heavy atom. The number of benzene rings is 1. The number of amides is 2. The Morgan fingerprint density at radius 3 is 2.79 bits per heavy atom. The number of carbonyl (C=O) groups is 2. The van der Waals surface area contributed by atoms with Gasteiger partial charge in [0.2, 0.25) is 11.8 Å². The van der Waals surface area contributed by atoms with Crippen molar-refractivity contribution in [2.75, 3.05) is 18.4 Å². The molecule has 172 valence electrons. The molecule has 2 amide bonds. The van der Waals surface area contributed by atoms with Gasteiger partial charge in [0.25, 0.3) is 0 Å². The molecule has 0 fully saturated rings. The number of rotatable bonds is 5. The SMILES string of the molecule is O=C1CCc2cc(C=CC(=O)N3CC=C(Cc4ccccc4OC(F)(F)F)CC3)cnc2N1. The van der Waals surface area contributed by atoms with E-state index in [4.69, 9.17) is 0 Å². The Bertz CT molecular complexity index is 1130. The number of carbonyl (C=O) groups excluding carboxylic acids is 2. The van der Waals surface area contributed by atoms with Gasteiger partial charge in [-0.15, -0.1) is 13.2 Å². The van der Waals surface area contributed by atoms with Gasteiger partial charge in [0.05, 0.1) is 0 Å². The van der Waals surface area contributed by atoms with Crippen molar-refractivity contribution >= 4 is 23.7 Å². The molecule has 0 unspecified atom stereocenters. The van der Waals surface area contributed by atoms with Crippen molar-refractivity contribution in [1.82, 2.24) is 9.88 Å². The van der Waals surface area contributed by atoms with Crippen LogP contribution in [0.5, 0.6) is 5.75 Å². The minimum absolute atomic E-state index is 0.0534. The summed E-state index contributed by atoms with van der Waals surface area (Å²) in [5.41, 5.74) is 3.12. The lowest BCUT2D eigenvalue weighted by atomic mass is 9.99. The molecular weight excluding hydrogens is 435 g/mol. The van der Waals surface area contributed by atoms with E-state index in [2.05, 4.69) is 15.0 Å². The van der Waals surface area contributed by atoms with Crippen LogP contribution in [0.15, 0.2) is 54.3 Å². The molecule has 2 aliphatic heterocycles. The normalized spacial score (nSPS) is 16.3. The van der Waals surface area contributed by atoms with Crippen LogP contribution < -0.4 is 10.1 Å². The maximum absolute atomic E-state index is 12.6. The zero-order chi connectivity index (χ0) is 23.4. The van der Waals surface area contributed by atoms with Gasteiger partial charge in [-0.25, -0.2) is 4.98 Å². The summed E-state index contributed by atoms with van der Waals surface area (Å²) in [6.07, 6.45) is 3.84. The van der Waals surface area contributed by atoms with E-state index in [1.54, 1.807) is 29.3 Å². The second-order valence-corrected chi connectivity index (χ2v) is 7.89. The molecule has 33 heavy (non-hydrogen) atoms. The van der Waals surface area contributed by atoms with Gasteiger partial charge in [-0.05, 0) is 54.2 Å². The molecule has 1 aromatic heterocycles. The van der Waals surface area contributed by atoms with E-state index in [1.807, 2.05) is 12.1 Å². The minimum Gasteiger partial charge on any atom is -0.405 e. The fraction of sp³-hybridized carbons (Fsp3) is 0.292. The Labute approximate surface area is 188 Å². The molecule has 4 rings (SSSR count). The smallest absolute Gasteiger partial charge is 0.405 e. The van der Waals surface area contributed by atoms with Crippen LogP contribution in [0, 0.1) is 0 Å². The number of alkyl halides is 3. The minimum atomic E-state index is -4.74. The number of halogens is 3. The molecule has 0 saturated heterocycles. The van der Waals surface area contributed by atoms with Crippen molar-refractivity contribution in [2.45, 2.75) is 32.0 Å². The van der Waals surface area contributed by atoms with Crippen LogP contribution in [0.25, 0.3) is 6.08 Å². The molecule has 1 aromatic carbocycles. The van der Waals surface area contributed by atoms with Gasteiger partial charge >= 0.3 is 6.36 Å². The third-order valence-corrected chi connectivity index (χ3v) is 5.52. The van der Waals surface area contributed by atoms with Crippen LogP contribution in [-0.4, -0.2) is 41.2 Å². The molecule has 9 heteroatoms. The van der Waals surface area contributed by atoms with E-state index < -0.39 is 6.36 Å². The van der Waals surface area contributed by atoms with E-state index in [1.165, 1.54) is 18.2 Å². The van der Waals surface area contributed by atoms with E-state index in [0.717, 1.165) is 16.7 Å². The van der Waals surface area contributed by atoms with E-state index in [-0.39, 0.29) is 17.6 Å². The second-order valence-electron chi connectivity index (χ2n) is 7.89. The van der Waals surface area contributed by atoms with Gasteiger partial charge in [-0.2, -0.15) is 0 Å². The zero-order valence-corrected chi connectivity index (χ0v) is 17.7. The average Bonchev–Trinajstić information content (AvgIpc) is 2.78. The first-order chi connectivity index (χ1) is 15.8. The number of ether oxygens (including phenoxy) is 1. The Kier molecular flexibility index (Phi) is 6.48. The highest BCUT2D eigenvalue weighted by atomic mass is 19.4. The van der Waals surface area contributed by atoms with Gasteiger partial charge in [-0.3, -0.25) is 9.59 Å². The predicted molar refractivity (Wildman–Crippen MR) is 116 cm³/mol. The Balaban J connectivity index is 1.35. The van der Waals surface area contributed by atoms with Gasteiger partial charge < -0.3 is 15.0 Å². The summed E-state index contributed by atoms with van der Waals surface area (Å²) >= 11 is 0. The molecule has 0 radical (unpaired) electrons. The third-order valence-electron chi connectivity index (χ3n) is 5.52. The first-order valence-electron chi connectivity index (χ1n) is 10.5.